The zero-order valence-corrected chi connectivity index (χ0v) is 17.3. The van der Waals surface area contributed by atoms with Crippen LogP contribution in [0, 0.1) is 6.92 Å². The van der Waals surface area contributed by atoms with Crippen LogP contribution in [0.2, 0.25) is 0 Å². The van der Waals surface area contributed by atoms with Crippen molar-refractivity contribution in [3.05, 3.63) is 53.9 Å². The fourth-order valence-electron chi connectivity index (χ4n) is 3.08. The van der Waals surface area contributed by atoms with Gasteiger partial charge in [-0.1, -0.05) is 30.3 Å². The molecule has 5 N–H and O–H groups in total. The number of anilines is 1. The molecule has 0 saturated carbocycles. The number of amides is 1. The van der Waals surface area contributed by atoms with Gasteiger partial charge in [-0.15, -0.1) is 0 Å². The number of aromatic nitrogens is 1. The Morgan fingerprint density at radius 3 is 2.32 bits per heavy atom. The molecule has 11 heteroatoms. The van der Waals surface area contributed by atoms with E-state index in [0.29, 0.717) is 10.9 Å². The van der Waals surface area contributed by atoms with Crippen LogP contribution in [0.1, 0.15) is 23.1 Å². The second-order valence-electron chi connectivity index (χ2n) is 6.82. The van der Waals surface area contributed by atoms with Crippen LogP contribution in [-0.2, 0) is 15.1 Å². The minimum Gasteiger partial charge on any atom is -0.505 e. The molecule has 0 radical (unpaired) electrons. The highest BCUT2D eigenvalue weighted by Crippen LogP contribution is 2.39. The molecule has 0 aliphatic carbocycles. The Hall–Kier alpha value is -3.70. The largest absolute Gasteiger partial charge is 0.505 e. The first-order valence-corrected chi connectivity index (χ1v) is 10.4. The number of hydrogen-bond acceptors (Lipinski definition) is 6. The van der Waals surface area contributed by atoms with Gasteiger partial charge in [0.15, 0.2) is 11.4 Å². The van der Waals surface area contributed by atoms with Crippen molar-refractivity contribution in [3.63, 3.8) is 0 Å². The highest BCUT2D eigenvalue weighted by Gasteiger charge is 2.24. The summed E-state index contributed by atoms with van der Waals surface area (Å²) in [4.78, 5) is 27.6. The van der Waals surface area contributed by atoms with Crippen LogP contribution >= 0.6 is 0 Å². The number of carboxylic acid groups (broad SMARTS) is 1. The minimum atomic E-state index is -4.72. The normalized spacial score (nSPS) is 12.4. The molecule has 31 heavy (non-hydrogen) atoms. The lowest BCUT2D eigenvalue weighted by Gasteiger charge is -2.16. The van der Waals surface area contributed by atoms with Crippen LogP contribution < -0.4 is 10.0 Å². The van der Waals surface area contributed by atoms with Crippen LogP contribution in [0.4, 0.5) is 5.69 Å². The van der Waals surface area contributed by atoms with E-state index in [1.165, 1.54) is 13.0 Å². The molecule has 0 fully saturated rings. The summed E-state index contributed by atoms with van der Waals surface area (Å²) in [5.74, 6) is -2.91. The van der Waals surface area contributed by atoms with Crippen LogP contribution in [0.15, 0.2) is 42.5 Å². The molecular formula is C20H19N3O7S. The number of nitrogens with one attached hydrogen (secondary N) is 2. The molecule has 0 aliphatic rings. The smallest absolute Gasteiger partial charge is 0.357 e. The number of carbonyl (C=O) groups excluding carboxylic acids is 1. The summed E-state index contributed by atoms with van der Waals surface area (Å²) in [7, 11) is -4.72. The van der Waals surface area contributed by atoms with Gasteiger partial charge in [-0.25, -0.2) is 4.98 Å². The van der Waals surface area contributed by atoms with Gasteiger partial charge in [-0.05, 0) is 37.1 Å². The fraction of sp³-hybridized carbons (Fsp3) is 0.150. The summed E-state index contributed by atoms with van der Waals surface area (Å²) in [6.07, 6.45) is 0. The van der Waals surface area contributed by atoms with E-state index in [-0.39, 0.29) is 16.8 Å². The van der Waals surface area contributed by atoms with Gasteiger partial charge in [-0.3, -0.25) is 18.9 Å². The van der Waals surface area contributed by atoms with Gasteiger partial charge >= 0.3 is 16.3 Å². The lowest BCUT2D eigenvalue weighted by atomic mass is 9.98. The topological polar surface area (TPSA) is 166 Å². The zero-order chi connectivity index (χ0) is 22.9. The highest BCUT2D eigenvalue weighted by molar-refractivity contribution is 7.87. The fourth-order valence-corrected chi connectivity index (χ4v) is 3.52. The molecule has 0 unspecified atom stereocenters. The van der Waals surface area contributed by atoms with Gasteiger partial charge in [0, 0.05) is 11.1 Å². The molecule has 1 aromatic heterocycles. The second-order valence-corrected chi connectivity index (χ2v) is 7.97. The lowest BCUT2D eigenvalue weighted by Crippen LogP contribution is -2.38. The molecule has 0 saturated heterocycles. The Labute approximate surface area is 177 Å². The molecule has 1 heterocycles. The van der Waals surface area contributed by atoms with E-state index in [0.717, 1.165) is 5.56 Å². The standard InChI is InChI=1S/C20H19N3O7S/c1-10-14-8-13(12-6-4-3-5-7-12)9-15(23-31(28,29)30)16(14)18(24)17(21-10)19(25)22-11(2)20(26)27/h3-9,11,23-24H,1-2H3,(H,22,25)(H,26,27)(H,28,29,30)/t11-/m0/s1. The van der Waals surface area contributed by atoms with E-state index in [4.69, 9.17) is 5.11 Å². The first-order chi connectivity index (χ1) is 14.5. The molecule has 0 bridgehead atoms. The van der Waals surface area contributed by atoms with Crippen LogP contribution in [0.3, 0.4) is 0 Å². The molecular weight excluding hydrogens is 426 g/mol. The molecule has 2 aromatic carbocycles. The Morgan fingerprint density at radius 1 is 1.10 bits per heavy atom. The number of fused-ring (bicyclic) bond motifs is 1. The number of aromatic hydroxyl groups is 1. The van der Waals surface area contributed by atoms with E-state index in [1.807, 2.05) is 10.8 Å². The van der Waals surface area contributed by atoms with E-state index < -0.39 is 39.7 Å². The van der Waals surface area contributed by atoms with Gasteiger partial charge in [0.2, 0.25) is 0 Å². The number of hydrogen-bond donors (Lipinski definition) is 5. The maximum atomic E-state index is 12.5. The molecule has 1 amide bonds. The quantitative estimate of drug-likeness (QED) is 0.361. The summed E-state index contributed by atoms with van der Waals surface area (Å²) in [6.45, 7) is 2.79. The first-order valence-electron chi connectivity index (χ1n) is 8.99. The van der Waals surface area contributed by atoms with Crippen LogP contribution in [0.5, 0.6) is 5.75 Å². The first kappa shape index (κ1) is 22.0. The zero-order valence-electron chi connectivity index (χ0n) is 16.4. The van der Waals surface area contributed by atoms with E-state index in [1.54, 1.807) is 37.3 Å². The third-order valence-electron chi connectivity index (χ3n) is 4.55. The number of carbonyl (C=O) groups is 2. The third-order valence-corrected chi connectivity index (χ3v) is 5.03. The monoisotopic (exact) mass is 445 g/mol. The maximum Gasteiger partial charge on any atom is 0.357 e. The van der Waals surface area contributed by atoms with Gasteiger partial charge in [0.1, 0.15) is 6.04 Å². The summed E-state index contributed by atoms with van der Waals surface area (Å²) < 4.78 is 34.3. The van der Waals surface area contributed by atoms with Gasteiger partial charge in [0.25, 0.3) is 5.91 Å². The van der Waals surface area contributed by atoms with Crippen LogP contribution in [0.25, 0.3) is 21.9 Å². The van der Waals surface area contributed by atoms with Crippen molar-refractivity contribution in [2.24, 2.45) is 0 Å². The predicted octanol–water partition coefficient (Wildman–Crippen LogP) is 2.33. The predicted molar refractivity (Wildman–Crippen MR) is 113 cm³/mol. The third kappa shape index (κ3) is 4.73. The Bertz CT molecular complexity index is 1290. The van der Waals surface area contributed by atoms with Crippen molar-refractivity contribution in [1.82, 2.24) is 10.3 Å². The summed E-state index contributed by atoms with van der Waals surface area (Å²) >= 11 is 0. The molecule has 1 atom stereocenters. The minimum absolute atomic E-state index is 0.0714. The number of aliphatic carboxylic acids is 1. The molecule has 0 aliphatic heterocycles. The SMILES string of the molecule is Cc1nc(C(=O)N[C@@H](C)C(=O)O)c(O)c2c(NS(=O)(=O)O)cc(-c3ccccc3)cc12. The van der Waals surface area contributed by atoms with Gasteiger partial charge < -0.3 is 15.5 Å². The van der Waals surface area contributed by atoms with Crippen molar-refractivity contribution in [2.75, 3.05) is 4.72 Å². The molecule has 0 spiro atoms. The van der Waals surface area contributed by atoms with E-state index >= 15 is 0 Å². The van der Waals surface area contributed by atoms with Crippen LogP contribution in [-0.4, -0.2) is 46.1 Å². The van der Waals surface area contributed by atoms with E-state index in [9.17, 15) is 27.7 Å². The van der Waals surface area contributed by atoms with Gasteiger partial charge in [0.05, 0.1) is 11.1 Å². The van der Waals surface area contributed by atoms with Crippen molar-refractivity contribution < 1.29 is 32.8 Å². The second kappa shape index (κ2) is 8.20. The molecule has 162 valence electrons. The number of nitrogens with zero attached hydrogens (tertiary/aromatic N) is 1. The maximum absolute atomic E-state index is 12.5. The van der Waals surface area contributed by atoms with E-state index in [2.05, 4.69) is 10.3 Å². The average Bonchev–Trinajstić information content (AvgIpc) is 2.69. The number of carboxylic acids is 1. The van der Waals surface area contributed by atoms with Crippen molar-refractivity contribution in [2.45, 2.75) is 19.9 Å². The summed E-state index contributed by atoms with van der Waals surface area (Å²) in [5, 5.41) is 22.2. The van der Waals surface area contributed by atoms with Crippen molar-refractivity contribution in [3.8, 4) is 16.9 Å². The summed E-state index contributed by atoms with van der Waals surface area (Å²) in [6, 6.07) is 10.8. The van der Waals surface area contributed by atoms with Gasteiger partial charge in [-0.2, -0.15) is 8.42 Å². The number of benzene rings is 2. The number of rotatable bonds is 6. The Morgan fingerprint density at radius 2 is 1.74 bits per heavy atom. The number of pyridine rings is 1. The molecule has 3 rings (SSSR count). The highest BCUT2D eigenvalue weighted by atomic mass is 32.2. The Balaban J connectivity index is 2.27. The molecule has 3 aromatic rings. The lowest BCUT2D eigenvalue weighted by molar-refractivity contribution is -0.138. The number of aryl methyl sites for hydroxylation is 1. The van der Waals surface area contributed by atoms with Crippen molar-refractivity contribution in [1.29, 1.82) is 0 Å². The van der Waals surface area contributed by atoms with Crippen molar-refractivity contribution >= 4 is 38.6 Å². The average molecular weight is 445 g/mol. The molecule has 10 nitrogen and oxygen atoms in total. The summed E-state index contributed by atoms with van der Waals surface area (Å²) in [5.41, 5.74) is 0.919. The Kier molecular flexibility index (Phi) is 5.82.